The molecule has 0 aliphatic heterocycles. The molecule has 2 rings (SSSR count). The lowest BCUT2D eigenvalue weighted by atomic mass is 10.1. The van der Waals surface area contributed by atoms with Crippen LogP contribution in [0.1, 0.15) is 25.3 Å². The number of hydrogen-bond acceptors (Lipinski definition) is 1. The number of alkyl halides is 1. The molecule has 0 saturated heterocycles. The average Bonchev–Trinajstić information content (AvgIpc) is 3.11. The molecule has 1 saturated carbocycles. The lowest BCUT2D eigenvalue weighted by Gasteiger charge is -2.27. The van der Waals surface area contributed by atoms with Gasteiger partial charge in [-0.25, -0.2) is 0 Å². The summed E-state index contributed by atoms with van der Waals surface area (Å²) in [6.07, 6.45) is 2.79. The van der Waals surface area contributed by atoms with E-state index in [0.29, 0.717) is 11.9 Å². The van der Waals surface area contributed by atoms with E-state index in [1.54, 1.807) is 0 Å². The van der Waals surface area contributed by atoms with Crippen LogP contribution in [0.3, 0.4) is 0 Å². The quantitative estimate of drug-likeness (QED) is 0.705. The number of nitrogens with zero attached hydrogens (tertiary/aromatic N) is 1. The third-order valence-corrected chi connectivity index (χ3v) is 3.72. The van der Waals surface area contributed by atoms with Crippen LogP contribution in [0.5, 0.6) is 0 Å². The zero-order chi connectivity index (χ0) is 10.8. The number of benzene rings is 1. The Kier molecular flexibility index (Phi) is 3.20. The first-order valence-electron chi connectivity index (χ1n) is 5.60. The summed E-state index contributed by atoms with van der Waals surface area (Å²) in [7, 11) is 2.18. The molecule has 1 unspecified atom stereocenters. The van der Waals surface area contributed by atoms with Gasteiger partial charge in [-0.1, -0.05) is 12.1 Å². The van der Waals surface area contributed by atoms with Gasteiger partial charge in [0.05, 0.1) is 0 Å². The summed E-state index contributed by atoms with van der Waals surface area (Å²) in [4.78, 5) is 2.37. The van der Waals surface area contributed by atoms with Crippen molar-refractivity contribution >= 4 is 17.3 Å². The van der Waals surface area contributed by atoms with Crippen molar-refractivity contribution in [2.24, 2.45) is 5.92 Å². The Balaban J connectivity index is 2.07. The van der Waals surface area contributed by atoms with E-state index >= 15 is 0 Å². The zero-order valence-electron chi connectivity index (χ0n) is 9.41. The van der Waals surface area contributed by atoms with Gasteiger partial charge in [0.25, 0.3) is 0 Å². The summed E-state index contributed by atoms with van der Waals surface area (Å²) in [6, 6.07) is 9.20. The predicted molar refractivity (Wildman–Crippen MR) is 66.6 cm³/mol. The predicted octanol–water partition coefficient (Wildman–Crippen LogP) is 3.66. The molecule has 1 fully saturated rings. The Morgan fingerprint density at radius 3 is 2.40 bits per heavy atom. The summed E-state index contributed by atoms with van der Waals surface area (Å²) in [5, 5.41) is 0. The Hall–Kier alpha value is -0.690. The Bertz CT molecular complexity index is 316. The molecular weight excluding hydrogens is 206 g/mol. The SMILES string of the molecule is CC(C1CC1)N(C)c1ccc(CCl)cc1. The van der Waals surface area contributed by atoms with E-state index in [4.69, 9.17) is 11.6 Å². The molecule has 1 aromatic rings. The van der Waals surface area contributed by atoms with Crippen molar-refractivity contribution in [3.05, 3.63) is 29.8 Å². The van der Waals surface area contributed by atoms with Crippen LogP contribution >= 0.6 is 11.6 Å². The standard InChI is InChI=1S/C13H18ClN/c1-10(12-5-6-12)15(2)13-7-3-11(9-14)4-8-13/h3-4,7-8,10,12H,5-6,9H2,1-2H3. The fraction of sp³-hybridized carbons (Fsp3) is 0.538. The minimum absolute atomic E-state index is 0.599. The van der Waals surface area contributed by atoms with E-state index in [-0.39, 0.29) is 0 Å². The van der Waals surface area contributed by atoms with Gasteiger partial charge in [-0.15, -0.1) is 11.6 Å². The third-order valence-electron chi connectivity index (χ3n) is 3.41. The van der Waals surface area contributed by atoms with Crippen molar-refractivity contribution in [1.82, 2.24) is 0 Å². The first-order valence-corrected chi connectivity index (χ1v) is 6.13. The first-order chi connectivity index (χ1) is 7.22. The maximum absolute atomic E-state index is 5.77. The minimum atomic E-state index is 0.599. The van der Waals surface area contributed by atoms with Gasteiger partial charge in [0.15, 0.2) is 0 Å². The van der Waals surface area contributed by atoms with Crippen molar-refractivity contribution in [3.8, 4) is 0 Å². The van der Waals surface area contributed by atoms with Crippen LogP contribution in [0, 0.1) is 5.92 Å². The van der Waals surface area contributed by atoms with E-state index in [1.165, 1.54) is 24.1 Å². The molecule has 0 aromatic heterocycles. The second-order valence-corrected chi connectivity index (χ2v) is 4.76. The largest absolute Gasteiger partial charge is 0.372 e. The Morgan fingerprint density at radius 2 is 1.93 bits per heavy atom. The van der Waals surface area contributed by atoms with Crippen LogP contribution in [0.25, 0.3) is 0 Å². The average molecular weight is 224 g/mol. The molecule has 1 aliphatic carbocycles. The number of hydrogen-bond donors (Lipinski definition) is 0. The molecular formula is C13H18ClN. The number of halogens is 1. The molecule has 82 valence electrons. The number of rotatable bonds is 4. The number of anilines is 1. The fourth-order valence-corrected chi connectivity index (χ4v) is 2.13. The van der Waals surface area contributed by atoms with Gasteiger partial charge >= 0.3 is 0 Å². The highest BCUT2D eigenvalue weighted by Crippen LogP contribution is 2.36. The van der Waals surface area contributed by atoms with Gasteiger partial charge in [-0.2, -0.15) is 0 Å². The highest BCUT2D eigenvalue weighted by atomic mass is 35.5. The summed E-state index contributed by atoms with van der Waals surface area (Å²) in [5.74, 6) is 1.50. The molecule has 1 atom stereocenters. The fourth-order valence-electron chi connectivity index (χ4n) is 1.95. The molecule has 15 heavy (non-hydrogen) atoms. The molecule has 0 bridgehead atoms. The lowest BCUT2D eigenvalue weighted by Crippen LogP contribution is -2.30. The van der Waals surface area contributed by atoms with Crippen LogP contribution < -0.4 is 4.90 Å². The normalized spacial score (nSPS) is 17.5. The highest BCUT2D eigenvalue weighted by Gasteiger charge is 2.30. The van der Waals surface area contributed by atoms with Gasteiger partial charge in [0.2, 0.25) is 0 Å². The highest BCUT2D eigenvalue weighted by molar-refractivity contribution is 6.17. The topological polar surface area (TPSA) is 3.24 Å². The van der Waals surface area contributed by atoms with Crippen molar-refractivity contribution in [1.29, 1.82) is 0 Å². The molecule has 1 nitrogen and oxygen atoms in total. The van der Waals surface area contributed by atoms with Crippen LogP contribution in [-0.4, -0.2) is 13.1 Å². The maximum atomic E-state index is 5.77. The van der Waals surface area contributed by atoms with Gasteiger partial charge in [-0.05, 0) is 43.4 Å². The second-order valence-electron chi connectivity index (χ2n) is 4.49. The Morgan fingerprint density at radius 1 is 1.33 bits per heavy atom. The minimum Gasteiger partial charge on any atom is -0.372 e. The van der Waals surface area contributed by atoms with Gasteiger partial charge in [-0.3, -0.25) is 0 Å². The molecule has 0 spiro atoms. The van der Waals surface area contributed by atoms with Crippen LogP contribution in [0.15, 0.2) is 24.3 Å². The van der Waals surface area contributed by atoms with Crippen LogP contribution in [0.4, 0.5) is 5.69 Å². The summed E-state index contributed by atoms with van der Waals surface area (Å²) in [6.45, 7) is 2.31. The van der Waals surface area contributed by atoms with E-state index < -0.39 is 0 Å². The lowest BCUT2D eigenvalue weighted by molar-refractivity contribution is 0.609. The summed E-state index contributed by atoms with van der Waals surface area (Å²) >= 11 is 5.77. The third kappa shape index (κ3) is 2.46. The molecule has 2 heteroatoms. The van der Waals surface area contributed by atoms with Gasteiger partial charge in [0, 0.05) is 24.7 Å². The Labute approximate surface area is 97.0 Å². The molecule has 1 aliphatic rings. The van der Waals surface area contributed by atoms with Crippen molar-refractivity contribution in [2.75, 3.05) is 11.9 Å². The second kappa shape index (κ2) is 4.44. The van der Waals surface area contributed by atoms with Crippen molar-refractivity contribution in [2.45, 2.75) is 31.7 Å². The summed E-state index contributed by atoms with van der Waals surface area (Å²) < 4.78 is 0. The monoisotopic (exact) mass is 223 g/mol. The zero-order valence-corrected chi connectivity index (χ0v) is 10.2. The van der Waals surface area contributed by atoms with E-state index in [2.05, 4.69) is 43.1 Å². The molecule has 1 aromatic carbocycles. The van der Waals surface area contributed by atoms with Gasteiger partial charge < -0.3 is 4.90 Å². The molecule has 0 N–H and O–H groups in total. The van der Waals surface area contributed by atoms with Gasteiger partial charge in [0.1, 0.15) is 0 Å². The first kappa shape index (κ1) is 10.8. The van der Waals surface area contributed by atoms with Crippen molar-refractivity contribution < 1.29 is 0 Å². The molecule has 0 heterocycles. The van der Waals surface area contributed by atoms with E-state index in [1.807, 2.05) is 0 Å². The molecule has 0 amide bonds. The van der Waals surface area contributed by atoms with Crippen LogP contribution in [0.2, 0.25) is 0 Å². The van der Waals surface area contributed by atoms with Crippen molar-refractivity contribution in [3.63, 3.8) is 0 Å². The maximum Gasteiger partial charge on any atom is 0.0474 e. The van der Waals surface area contributed by atoms with E-state index in [0.717, 1.165) is 5.92 Å². The van der Waals surface area contributed by atoms with Crippen LogP contribution in [-0.2, 0) is 5.88 Å². The molecule has 0 radical (unpaired) electrons. The van der Waals surface area contributed by atoms with E-state index in [9.17, 15) is 0 Å². The smallest absolute Gasteiger partial charge is 0.0474 e. The summed E-state index contributed by atoms with van der Waals surface area (Å²) in [5.41, 5.74) is 2.48.